The van der Waals surface area contributed by atoms with Crippen molar-refractivity contribution >= 4 is 57.1 Å². The van der Waals surface area contributed by atoms with Gasteiger partial charge in [-0.1, -0.05) is 73.3 Å². The van der Waals surface area contributed by atoms with Crippen LogP contribution in [0.2, 0.25) is 0 Å². The Bertz CT molecular complexity index is 1900. The van der Waals surface area contributed by atoms with Crippen LogP contribution in [-0.2, 0) is 14.4 Å². The number of benzene rings is 3. The van der Waals surface area contributed by atoms with Crippen LogP contribution in [0.3, 0.4) is 0 Å². The number of Topliss-reactive ketones (excluding diaryl/α,β-unsaturated/α-hetero) is 1. The molecule has 3 heterocycles. The van der Waals surface area contributed by atoms with Gasteiger partial charge in [-0.05, 0) is 37.0 Å². The van der Waals surface area contributed by atoms with Crippen molar-refractivity contribution in [3.05, 3.63) is 72.3 Å². The van der Waals surface area contributed by atoms with Crippen LogP contribution in [-0.4, -0.2) is 95.8 Å². The molecule has 2 saturated heterocycles. The number of hydrogen-bond acceptors (Lipinski definition) is 11. The molecule has 266 valence electrons. The molecule has 3 aromatic rings. The quantitative estimate of drug-likeness (QED) is 0.206. The fraction of sp³-hybridized carbons (Fsp3) is 0.368. The fourth-order valence-electron chi connectivity index (χ4n) is 6.35. The minimum Gasteiger partial charge on any atom is -0.493 e. The van der Waals surface area contributed by atoms with Crippen molar-refractivity contribution in [2.45, 2.75) is 38.8 Å². The second-order valence-corrected chi connectivity index (χ2v) is 13.7. The molecule has 12 nitrogen and oxygen atoms in total. The average molecular weight is 711 g/mol. The molecule has 2 fully saturated rings. The molecule has 3 unspecified atom stereocenters. The zero-order valence-electron chi connectivity index (χ0n) is 29.2. The number of thioether (sulfide) groups is 1. The molecule has 2 amide bonds. The first-order valence-electron chi connectivity index (χ1n) is 17.0. The summed E-state index contributed by atoms with van der Waals surface area (Å²) in [6, 6.07) is 19.7. The number of nitrogens with zero attached hydrogens (tertiary/aromatic N) is 4. The summed E-state index contributed by atoms with van der Waals surface area (Å²) < 4.78 is 11.0. The van der Waals surface area contributed by atoms with E-state index in [-0.39, 0.29) is 28.5 Å². The van der Waals surface area contributed by atoms with Crippen molar-refractivity contribution in [3.63, 3.8) is 0 Å². The monoisotopic (exact) mass is 710 g/mol. The van der Waals surface area contributed by atoms with E-state index in [4.69, 9.17) is 19.4 Å². The van der Waals surface area contributed by atoms with Gasteiger partial charge in [0.15, 0.2) is 17.3 Å². The summed E-state index contributed by atoms with van der Waals surface area (Å²) in [4.78, 5) is 65.3. The minimum atomic E-state index is -0.701. The number of ether oxygens (including phenoxy) is 2. The molecule has 2 aliphatic heterocycles. The van der Waals surface area contributed by atoms with Gasteiger partial charge in [-0.3, -0.25) is 19.2 Å². The average Bonchev–Trinajstić information content (AvgIpc) is 3.65. The Morgan fingerprint density at radius 3 is 2.25 bits per heavy atom. The van der Waals surface area contributed by atoms with E-state index in [2.05, 4.69) is 34.9 Å². The van der Waals surface area contributed by atoms with Gasteiger partial charge in [0, 0.05) is 54.9 Å². The lowest BCUT2D eigenvalue weighted by Crippen LogP contribution is -2.55. The number of nitrogens with one attached hydrogen (secondary N) is 2. The van der Waals surface area contributed by atoms with Crippen LogP contribution in [0.5, 0.6) is 11.5 Å². The highest BCUT2D eigenvalue weighted by Gasteiger charge is 2.37. The molecule has 0 bridgehead atoms. The third-order valence-corrected chi connectivity index (χ3v) is 10.5. The van der Waals surface area contributed by atoms with Crippen LogP contribution in [0.25, 0.3) is 22.0 Å². The number of fused-ring (bicyclic) bond motifs is 2. The summed E-state index contributed by atoms with van der Waals surface area (Å²) >= 11 is 1.10. The molecule has 2 aromatic carbocycles. The lowest BCUT2D eigenvalue weighted by atomic mass is 9.95. The molecular weight excluding hydrogens is 669 g/mol. The summed E-state index contributed by atoms with van der Waals surface area (Å²) in [7, 11) is 3.05. The Kier molecular flexibility index (Phi) is 11.2. The van der Waals surface area contributed by atoms with Gasteiger partial charge in [-0.25, -0.2) is 4.98 Å². The predicted molar refractivity (Wildman–Crippen MR) is 199 cm³/mol. The summed E-state index contributed by atoms with van der Waals surface area (Å²) in [5.41, 5.74) is 3.94. The smallest absolute Gasteiger partial charge is 0.248 e. The Morgan fingerprint density at radius 2 is 1.63 bits per heavy atom. The van der Waals surface area contributed by atoms with Crippen LogP contribution in [0.15, 0.2) is 66.7 Å². The minimum absolute atomic E-state index is 0.0262. The number of methoxy groups -OCH3 is 2. The third-order valence-electron chi connectivity index (χ3n) is 9.35. The van der Waals surface area contributed by atoms with Crippen LogP contribution in [0.4, 0.5) is 11.8 Å². The number of carbonyl (C=O) groups excluding carboxylic acids is 4. The van der Waals surface area contributed by atoms with Gasteiger partial charge in [-0.15, -0.1) is 0 Å². The van der Waals surface area contributed by atoms with Crippen molar-refractivity contribution in [3.8, 4) is 22.6 Å². The molecule has 3 atom stereocenters. The Labute approximate surface area is 301 Å². The van der Waals surface area contributed by atoms with E-state index in [0.717, 1.165) is 11.8 Å². The SMILES string of the molecule is COc1cc2nc(N3CCNCC3C(C)=O)nc(NC(=O)C3CCCN3C(=O)C(C)CSC(=O)c3ccccc3)c2cc1OC.c1cc2ccc1-2. The topological polar surface area (TPSA) is 143 Å². The number of aromatic nitrogens is 2. The maximum atomic E-state index is 13.8. The summed E-state index contributed by atoms with van der Waals surface area (Å²) in [5, 5.41) is 6.63. The van der Waals surface area contributed by atoms with Crippen molar-refractivity contribution in [2.24, 2.45) is 5.92 Å². The number of anilines is 2. The highest BCUT2D eigenvalue weighted by molar-refractivity contribution is 8.14. The molecule has 7 rings (SSSR count). The van der Waals surface area contributed by atoms with Gasteiger partial charge in [0.1, 0.15) is 17.9 Å². The molecule has 0 radical (unpaired) electrons. The highest BCUT2D eigenvalue weighted by Crippen LogP contribution is 2.36. The Hall–Kier alpha value is -5.01. The number of carbonyl (C=O) groups is 4. The van der Waals surface area contributed by atoms with Crippen LogP contribution < -0.4 is 25.0 Å². The summed E-state index contributed by atoms with van der Waals surface area (Å²) in [6.45, 7) is 5.36. The first kappa shape index (κ1) is 35.8. The summed E-state index contributed by atoms with van der Waals surface area (Å²) in [5.74, 6) is 0.724. The van der Waals surface area contributed by atoms with Gasteiger partial charge >= 0.3 is 0 Å². The lowest BCUT2D eigenvalue weighted by molar-refractivity contribution is -0.139. The van der Waals surface area contributed by atoms with Gasteiger partial charge in [0.2, 0.25) is 22.9 Å². The number of rotatable bonds is 10. The maximum absolute atomic E-state index is 13.8. The molecule has 0 spiro atoms. The largest absolute Gasteiger partial charge is 0.493 e. The van der Waals surface area contributed by atoms with E-state index in [1.807, 2.05) is 11.0 Å². The van der Waals surface area contributed by atoms with E-state index >= 15 is 0 Å². The maximum Gasteiger partial charge on any atom is 0.248 e. The molecule has 2 aliphatic carbocycles. The molecule has 1 aromatic heterocycles. The highest BCUT2D eigenvalue weighted by atomic mass is 32.2. The summed E-state index contributed by atoms with van der Waals surface area (Å²) in [6.07, 6.45) is 1.17. The van der Waals surface area contributed by atoms with E-state index in [1.54, 1.807) is 48.2 Å². The van der Waals surface area contributed by atoms with Crippen LogP contribution in [0, 0.1) is 5.92 Å². The molecule has 2 N–H and O–H groups in total. The first-order chi connectivity index (χ1) is 24.7. The zero-order valence-corrected chi connectivity index (χ0v) is 30.0. The molecule has 0 saturated carbocycles. The number of amides is 2. The zero-order chi connectivity index (χ0) is 36.1. The standard InChI is InChI=1S/C32H38N6O6S.C6H4/c1-19(18-45-31(42)21-9-6-5-7-10-21)30(41)37-13-8-11-24(37)29(40)35-28-22-15-26(43-3)27(44-4)16-23(22)34-32(36-28)38-14-12-33-17-25(38)20(2)39;1-2-6-4-3-5(1)6/h5-7,9-10,15-16,19,24-25,33H,8,11-14,17-18H2,1-4H3,(H,34,35,36,40);1-4H. The van der Waals surface area contributed by atoms with Crippen molar-refractivity contribution < 1.29 is 28.7 Å². The number of piperazine rings is 1. The van der Waals surface area contributed by atoms with Gasteiger partial charge in [0.25, 0.3) is 0 Å². The van der Waals surface area contributed by atoms with Crippen molar-refractivity contribution in [1.29, 1.82) is 0 Å². The second-order valence-electron chi connectivity index (χ2n) is 12.7. The second kappa shape index (κ2) is 15.9. The Morgan fingerprint density at radius 1 is 0.941 bits per heavy atom. The van der Waals surface area contributed by atoms with Gasteiger partial charge in [0.05, 0.1) is 19.7 Å². The number of ketones is 1. The normalized spacial score (nSPS) is 18.0. The molecule has 51 heavy (non-hydrogen) atoms. The molecule has 13 heteroatoms. The molecule has 4 aliphatic rings. The Balaban J connectivity index is 0.000000666. The van der Waals surface area contributed by atoms with Crippen LogP contribution in [0.1, 0.15) is 37.0 Å². The number of likely N-dealkylation sites (tertiary alicyclic amines) is 1. The third kappa shape index (κ3) is 7.84. The van der Waals surface area contributed by atoms with Crippen molar-refractivity contribution in [1.82, 2.24) is 20.2 Å². The van der Waals surface area contributed by atoms with E-state index in [9.17, 15) is 19.2 Å². The van der Waals surface area contributed by atoms with E-state index in [1.165, 1.54) is 32.3 Å². The fourth-order valence-corrected chi connectivity index (χ4v) is 7.20. The van der Waals surface area contributed by atoms with Gasteiger partial charge < -0.3 is 29.9 Å². The number of hydrogen-bond donors (Lipinski definition) is 2. The first-order valence-corrected chi connectivity index (χ1v) is 18.0. The lowest BCUT2D eigenvalue weighted by Gasteiger charge is -2.35. The van der Waals surface area contributed by atoms with Crippen molar-refractivity contribution in [2.75, 3.05) is 56.4 Å². The van der Waals surface area contributed by atoms with E-state index < -0.39 is 18.0 Å². The van der Waals surface area contributed by atoms with E-state index in [0.29, 0.717) is 78.7 Å². The van der Waals surface area contributed by atoms with Gasteiger partial charge in [-0.2, -0.15) is 4.98 Å². The van der Waals surface area contributed by atoms with Crippen LogP contribution >= 0.6 is 11.8 Å². The molecular formula is C38H42N6O6S. The predicted octanol–water partition coefficient (Wildman–Crippen LogP) is 4.82.